The van der Waals surface area contributed by atoms with Crippen LogP contribution in [0.3, 0.4) is 0 Å². The van der Waals surface area contributed by atoms with Crippen molar-refractivity contribution in [1.29, 1.82) is 0 Å². The fourth-order valence-corrected chi connectivity index (χ4v) is 2.53. The molecule has 0 aliphatic carbocycles. The highest BCUT2D eigenvalue weighted by molar-refractivity contribution is 9.10. The molecule has 0 radical (unpaired) electrons. The van der Waals surface area contributed by atoms with Crippen LogP contribution < -0.4 is 9.47 Å². The molecule has 0 spiro atoms. The molecule has 1 atom stereocenters. The van der Waals surface area contributed by atoms with Gasteiger partial charge in [-0.25, -0.2) is 0 Å². The van der Waals surface area contributed by atoms with Crippen molar-refractivity contribution in [2.75, 3.05) is 13.7 Å². The predicted molar refractivity (Wildman–Crippen MR) is 82.4 cm³/mol. The summed E-state index contributed by atoms with van der Waals surface area (Å²) >= 11 is 3.48. The third kappa shape index (κ3) is 3.32. The number of aliphatic hydroxyl groups excluding tert-OH is 1. The first-order valence-electron chi connectivity index (χ1n) is 6.40. The van der Waals surface area contributed by atoms with Gasteiger partial charge in [-0.2, -0.15) is 0 Å². The Morgan fingerprint density at radius 1 is 1.10 bits per heavy atom. The molecule has 0 aliphatic heterocycles. The number of benzene rings is 2. The number of aliphatic hydroxyl groups is 1. The Labute approximate surface area is 127 Å². The number of hydrogen-bond acceptors (Lipinski definition) is 3. The smallest absolute Gasteiger partial charge is 0.120 e. The maximum atomic E-state index is 10.4. The summed E-state index contributed by atoms with van der Waals surface area (Å²) in [5, 5.41) is 10.4. The summed E-state index contributed by atoms with van der Waals surface area (Å²) in [7, 11) is 1.62. The maximum absolute atomic E-state index is 10.4. The molecule has 1 N–H and O–H groups in total. The van der Waals surface area contributed by atoms with Crippen LogP contribution in [-0.4, -0.2) is 18.8 Å². The van der Waals surface area contributed by atoms with Crippen molar-refractivity contribution in [2.24, 2.45) is 0 Å². The number of hydrogen-bond donors (Lipinski definition) is 1. The van der Waals surface area contributed by atoms with Gasteiger partial charge in [-0.3, -0.25) is 0 Å². The normalized spacial score (nSPS) is 12.0. The quantitative estimate of drug-likeness (QED) is 0.898. The first kappa shape index (κ1) is 14.9. The van der Waals surface area contributed by atoms with Crippen LogP contribution in [0.1, 0.15) is 24.2 Å². The molecule has 0 bridgehead atoms. The van der Waals surface area contributed by atoms with Crippen LogP contribution >= 0.6 is 15.9 Å². The largest absolute Gasteiger partial charge is 0.497 e. The van der Waals surface area contributed by atoms with E-state index < -0.39 is 6.10 Å². The standard InChI is InChI=1S/C16H17BrO3/c1-3-20-13-8-9-14(15(17)10-13)16(18)11-4-6-12(19-2)7-5-11/h4-10,16,18H,3H2,1-2H3. The molecule has 0 aromatic heterocycles. The molecule has 0 saturated heterocycles. The van der Waals surface area contributed by atoms with Crippen LogP contribution in [0.2, 0.25) is 0 Å². The second-order valence-electron chi connectivity index (χ2n) is 4.29. The molecule has 2 aromatic carbocycles. The minimum absolute atomic E-state index is 0.618. The molecule has 0 aliphatic rings. The second-order valence-corrected chi connectivity index (χ2v) is 5.15. The first-order chi connectivity index (χ1) is 9.65. The van der Waals surface area contributed by atoms with Gasteiger partial charge in [0.1, 0.15) is 17.6 Å². The van der Waals surface area contributed by atoms with Crippen molar-refractivity contribution in [3.8, 4) is 11.5 Å². The van der Waals surface area contributed by atoms with Gasteiger partial charge in [0.2, 0.25) is 0 Å². The number of halogens is 1. The summed E-state index contributed by atoms with van der Waals surface area (Å²) in [6.45, 7) is 2.56. The Bertz CT molecular complexity index is 566. The molecule has 4 heteroatoms. The number of methoxy groups -OCH3 is 1. The van der Waals surface area contributed by atoms with Gasteiger partial charge in [-0.05, 0) is 42.3 Å². The molecule has 0 fully saturated rings. The lowest BCUT2D eigenvalue weighted by Crippen LogP contribution is -2.01. The first-order valence-corrected chi connectivity index (χ1v) is 7.19. The van der Waals surface area contributed by atoms with E-state index in [0.717, 1.165) is 27.1 Å². The van der Waals surface area contributed by atoms with E-state index in [1.54, 1.807) is 7.11 Å². The van der Waals surface area contributed by atoms with Gasteiger partial charge in [0, 0.05) is 4.47 Å². The highest BCUT2D eigenvalue weighted by Gasteiger charge is 2.14. The van der Waals surface area contributed by atoms with Gasteiger partial charge < -0.3 is 14.6 Å². The average Bonchev–Trinajstić information content (AvgIpc) is 2.47. The fourth-order valence-electron chi connectivity index (χ4n) is 1.95. The van der Waals surface area contributed by atoms with Crippen molar-refractivity contribution >= 4 is 15.9 Å². The topological polar surface area (TPSA) is 38.7 Å². The summed E-state index contributed by atoms with van der Waals surface area (Å²) in [5.74, 6) is 1.55. The van der Waals surface area contributed by atoms with E-state index in [9.17, 15) is 5.11 Å². The zero-order valence-corrected chi connectivity index (χ0v) is 13.1. The molecule has 0 amide bonds. The maximum Gasteiger partial charge on any atom is 0.120 e. The summed E-state index contributed by atoms with van der Waals surface area (Å²) in [4.78, 5) is 0. The Balaban J connectivity index is 2.25. The lowest BCUT2D eigenvalue weighted by atomic mass is 10.0. The molecule has 2 aromatic rings. The Hall–Kier alpha value is -1.52. The van der Waals surface area contributed by atoms with E-state index in [4.69, 9.17) is 9.47 Å². The van der Waals surface area contributed by atoms with Crippen LogP contribution in [-0.2, 0) is 0 Å². The van der Waals surface area contributed by atoms with E-state index >= 15 is 0 Å². The monoisotopic (exact) mass is 336 g/mol. The fraction of sp³-hybridized carbons (Fsp3) is 0.250. The van der Waals surface area contributed by atoms with Crippen LogP contribution in [0, 0.1) is 0 Å². The Morgan fingerprint density at radius 3 is 2.30 bits per heavy atom. The number of rotatable bonds is 5. The summed E-state index contributed by atoms with van der Waals surface area (Å²) in [5.41, 5.74) is 1.62. The van der Waals surface area contributed by atoms with Crippen LogP contribution in [0.5, 0.6) is 11.5 Å². The highest BCUT2D eigenvalue weighted by Crippen LogP contribution is 2.32. The van der Waals surface area contributed by atoms with Gasteiger partial charge in [-0.15, -0.1) is 0 Å². The zero-order valence-electron chi connectivity index (χ0n) is 11.5. The van der Waals surface area contributed by atoms with E-state index in [1.165, 1.54) is 0 Å². The third-order valence-electron chi connectivity index (χ3n) is 3.01. The van der Waals surface area contributed by atoms with Crippen molar-refractivity contribution in [2.45, 2.75) is 13.0 Å². The molecule has 0 heterocycles. The second kappa shape index (κ2) is 6.77. The van der Waals surface area contributed by atoms with Crippen LogP contribution in [0.15, 0.2) is 46.9 Å². The van der Waals surface area contributed by atoms with Gasteiger partial charge in [-0.1, -0.05) is 34.1 Å². The lowest BCUT2D eigenvalue weighted by molar-refractivity contribution is 0.219. The van der Waals surface area contributed by atoms with Gasteiger partial charge in [0.15, 0.2) is 0 Å². The molecular weight excluding hydrogens is 320 g/mol. The van der Waals surface area contributed by atoms with Crippen molar-refractivity contribution in [3.63, 3.8) is 0 Å². The minimum atomic E-state index is -0.689. The van der Waals surface area contributed by atoms with Crippen LogP contribution in [0.25, 0.3) is 0 Å². The summed E-state index contributed by atoms with van der Waals surface area (Å²) < 4.78 is 11.4. The molecule has 20 heavy (non-hydrogen) atoms. The molecule has 0 saturated carbocycles. The van der Waals surface area contributed by atoms with Crippen molar-refractivity contribution in [3.05, 3.63) is 58.1 Å². The molecular formula is C16H17BrO3. The molecule has 106 valence electrons. The third-order valence-corrected chi connectivity index (χ3v) is 3.70. The van der Waals surface area contributed by atoms with Gasteiger partial charge in [0.05, 0.1) is 13.7 Å². The van der Waals surface area contributed by atoms with Crippen molar-refractivity contribution < 1.29 is 14.6 Å². The Morgan fingerprint density at radius 2 is 1.75 bits per heavy atom. The summed E-state index contributed by atoms with van der Waals surface area (Å²) in [6, 6.07) is 13.0. The zero-order chi connectivity index (χ0) is 14.5. The van der Waals surface area contributed by atoms with Crippen LogP contribution in [0.4, 0.5) is 0 Å². The van der Waals surface area contributed by atoms with Crippen molar-refractivity contribution in [1.82, 2.24) is 0 Å². The minimum Gasteiger partial charge on any atom is -0.497 e. The molecule has 3 nitrogen and oxygen atoms in total. The van der Waals surface area contributed by atoms with E-state index in [-0.39, 0.29) is 0 Å². The number of ether oxygens (including phenoxy) is 2. The molecule has 1 unspecified atom stereocenters. The Kier molecular flexibility index (Phi) is 5.04. The van der Waals surface area contributed by atoms with E-state index in [0.29, 0.717) is 6.61 Å². The lowest BCUT2D eigenvalue weighted by Gasteiger charge is -2.15. The highest BCUT2D eigenvalue weighted by atomic mass is 79.9. The van der Waals surface area contributed by atoms with E-state index in [1.807, 2.05) is 49.4 Å². The average molecular weight is 337 g/mol. The summed E-state index contributed by atoms with van der Waals surface area (Å²) in [6.07, 6.45) is -0.689. The van der Waals surface area contributed by atoms with E-state index in [2.05, 4.69) is 15.9 Å². The van der Waals surface area contributed by atoms with Gasteiger partial charge >= 0.3 is 0 Å². The SMILES string of the molecule is CCOc1ccc(C(O)c2ccc(OC)cc2)c(Br)c1. The van der Waals surface area contributed by atoms with Gasteiger partial charge in [0.25, 0.3) is 0 Å². The predicted octanol–water partition coefficient (Wildman–Crippen LogP) is 3.94. The molecule has 2 rings (SSSR count).